The van der Waals surface area contributed by atoms with E-state index in [1.807, 2.05) is 114 Å². The quantitative estimate of drug-likeness (QED) is 0.0176. The van der Waals surface area contributed by atoms with Crippen LogP contribution in [0.25, 0.3) is 43.9 Å². The number of rotatable bonds is 25. The topological polar surface area (TPSA) is 324 Å². The first kappa shape index (κ1) is 73.7. The number of aromatic hydroxyl groups is 1. The van der Waals surface area contributed by atoms with Crippen molar-refractivity contribution in [3.63, 3.8) is 0 Å². The van der Waals surface area contributed by atoms with Gasteiger partial charge in [0.1, 0.15) is 41.0 Å². The van der Waals surface area contributed by atoms with E-state index >= 15 is 0 Å². The van der Waals surface area contributed by atoms with Crippen molar-refractivity contribution in [3.8, 4) is 11.5 Å². The van der Waals surface area contributed by atoms with E-state index in [1.165, 1.54) is 36.4 Å². The van der Waals surface area contributed by atoms with Crippen molar-refractivity contribution >= 4 is 107 Å². The molecular formula is C67H75ClN8O16S3. The maximum Gasteiger partial charge on any atom is 0.297 e. The van der Waals surface area contributed by atoms with E-state index in [1.54, 1.807) is 67.0 Å². The van der Waals surface area contributed by atoms with Gasteiger partial charge in [0.15, 0.2) is 0 Å². The summed E-state index contributed by atoms with van der Waals surface area (Å²) in [6.07, 6.45) is 7.29. The number of ether oxygens (including phenoxy) is 4. The van der Waals surface area contributed by atoms with Crippen molar-refractivity contribution < 1.29 is 73.0 Å². The lowest BCUT2D eigenvalue weighted by Gasteiger charge is -2.10. The first-order valence-corrected chi connectivity index (χ1v) is 34.7. The molecule has 11 aromatic rings. The molecule has 6 heterocycles. The molecule has 504 valence electrons. The fraction of sp³-hybridized carbons (Fsp3) is 0.254. The van der Waals surface area contributed by atoms with Crippen molar-refractivity contribution in [2.45, 2.75) is 35.5 Å². The smallest absolute Gasteiger partial charge is 0.297 e. The molecule has 28 heteroatoms. The monoisotopic (exact) mass is 1380 g/mol. The fourth-order valence-electron chi connectivity index (χ4n) is 8.88. The number of benzene rings is 5. The zero-order chi connectivity index (χ0) is 68.4. The van der Waals surface area contributed by atoms with Gasteiger partial charge in [-0.1, -0.05) is 65.2 Å². The van der Waals surface area contributed by atoms with Gasteiger partial charge in [0.2, 0.25) is 0 Å². The van der Waals surface area contributed by atoms with E-state index in [4.69, 9.17) is 53.6 Å². The number of pyridine rings is 4. The molecule has 0 aliphatic carbocycles. The molecule has 0 fully saturated rings. The Kier molecular flexibility index (Phi) is 28.2. The summed E-state index contributed by atoms with van der Waals surface area (Å²) in [5.41, 5.74) is 8.56. The summed E-state index contributed by atoms with van der Waals surface area (Å²) in [5, 5.41) is 45.0. The lowest BCUT2D eigenvalue weighted by molar-refractivity contribution is 0.0650. The summed E-state index contributed by atoms with van der Waals surface area (Å²) in [4.78, 5) is 18.3. The summed E-state index contributed by atoms with van der Waals surface area (Å²) in [7, 11) is -1.97. The van der Waals surface area contributed by atoms with Crippen LogP contribution in [-0.4, -0.2) is 154 Å². The Hall–Kier alpha value is -8.68. The van der Waals surface area contributed by atoms with Gasteiger partial charge in [0.25, 0.3) is 29.3 Å². The van der Waals surface area contributed by atoms with Gasteiger partial charge in [-0.2, -0.15) is 16.8 Å². The highest BCUT2D eigenvalue weighted by atomic mass is 35.7. The molecule has 0 saturated heterocycles. The number of fused-ring (bicyclic) bond motifs is 6. The Morgan fingerprint density at radius 3 is 1.28 bits per heavy atom. The molecule has 0 radical (unpaired) electrons. The zero-order valence-corrected chi connectivity index (χ0v) is 56.0. The summed E-state index contributed by atoms with van der Waals surface area (Å²) in [6, 6.07) is 45.8. The van der Waals surface area contributed by atoms with Crippen LogP contribution in [0.5, 0.6) is 11.5 Å². The zero-order valence-electron chi connectivity index (χ0n) is 52.8. The summed E-state index contributed by atoms with van der Waals surface area (Å²) >= 11 is 0. The SMILES string of the molecule is Cc1ccc(S(=O)(=O)Cl)cc1.Cc1ccc(S(=O)(=O)OCCOCCO)cc1.Cc1ccc(S(=O)(=O)OCCOCCOc2cccc(Nc3ccc4c5cnccc5n(C)c4n3)c2)cc1.Cn1c2ccncc2c2ccc(Nc3cccc(O)c3)nc21.OCCOCCO. The number of hydrogen-bond donors (Lipinski definition) is 6. The number of anilines is 4. The van der Waals surface area contributed by atoms with Gasteiger partial charge >= 0.3 is 0 Å². The van der Waals surface area contributed by atoms with Crippen LogP contribution >= 0.6 is 10.7 Å². The van der Waals surface area contributed by atoms with Gasteiger partial charge in [-0.05, 0) is 118 Å². The molecule has 0 amide bonds. The van der Waals surface area contributed by atoms with Crippen molar-refractivity contribution in [3.05, 3.63) is 199 Å². The number of halogens is 1. The lowest BCUT2D eigenvalue weighted by Crippen LogP contribution is -2.14. The average molecular weight is 1380 g/mol. The number of phenols is 1. The Labute approximate surface area is 556 Å². The van der Waals surface area contributed by atoms with E-state index in [9.17, 15) is 30.4 Å². The Morgan fingerprint density at radius 2 is 0.853 bits per heavy atom. The van der Waals surface area contributed by atoms with Crippen LogP contribution in [0.4, 0.5) is 23.0 Å². The number of aryl methyl sites for hydroxylation is 5. The Balaban J connectivity index is 0.000000189. The van der Waals surface area contributed by atoms with Crippen molar-refractivity contribution in [2.75, 3.05) is 89.9 Å². The highest BCUT2D eigenvalue weighted by Crippen LogP contribution is 2.31. The first-order valence-electron chi connectivity index (χ1n) is 29.5. The van der Waals surface area contributed by atoms with E-state index in [0.29, 0.717) is 32.2 Å². The minimum absolute atomic E-state index is 0.0278. The highest BCUT2D eigenvalue weighted by Gasteiger charge is 2.17. The molecule has 0 saturated carbocycles. The van der Waals surface area contributed by atoms with Crippen LogP contribution in [0.1, 0.15) is 16.7 Å². The standard InChI is InChI=1S/C28H28N4O5S.C17H14N4O.C11H16O5S.C7H7ClO2S.C4H10O3/c1-20-6-8-23(9-7-20)38(33,34)37-17-15-35-14-16-36-22-5-3-4-21(18-22)30-27-11-10-24-25-19-29-13-12-26(25)32(2)28(24)31-27;1-21-15-7-8-18-10-14(15)13-5-6-16(20-17(13)21)19-11-3-2-4-12(22)9-11;1-10-2-4-11(5-3-10)17(13,14)16-9-8-15-7-6-12;1-6-2-4-7(5-3-6)11(8,9)10;5-1-3-7-4-2-6/h3-13,18-19H,14-17H2,1-2H3,(H,30,31);2-10,22H,1H3,(H,19,20);2-5,12H,6-9H2,1H3;2-5H,1H3;5-6H,1-4H2. The fourth-order valence-corrected chi connectivity index (χ4v) is 11.4. The summed E-state index contributed by atoms with van der Waals surface area (Å²) in [6.45, 7) is 7.16. The third-order valence-electron chi connectivity index (χ3n) is 13.6. The Bertz CT molecular complexity index is 4580. The molecule has 24 nitrogen and oxygen atoms in total. The third-order valence-corrected chi connectivity index (χ3v) is 17.6. The van der Waals surface area contributed by atoms with Crippen LogP contribution < -0.4 is 15.4 Å². The second-order valence-corrected chi connectivity index (χ2v) is 26.4. The molecule has 0 atom stereocenters. The highest BCUT2D eigenvalue weighted by molar-refractivity contribution is 8.13. The van der Waals surface area contributed by atoms with Crippen LogP contribution in [0.3, 0.4) is 0 Å². The molecule has 11 rings (SSSR count). The van der Waals surface area contributed by atoms with Crippen molar-refractivity contribution in [2.24, 2.45) is 14.1 Å². The minimum Gasteiger partial charge on any atom is -0.508 e. The second-order valence-electron chi connectivity index (χ2n) is 20.7. The number of aliphatic hydroxyl groups excluding tert-OH is 3. The molecule has 0 bridgehead atoms. The minimum atomic E-state index is -3.79. The van der Waals surface area contributed by atoms with E-state index in [-0.39, 0.29) is 73.3 Å². The van der Waals surface area contributed by atoms with Gasteiger partial charge < -0.3 is 59.1 Å². The first-order chi connectivity index (χ1) is 45.6. The number of aliphatic hydroxyl groups is 3. The number of nitrogens with one attached hydrogen (secondary N) is 2. The van der Waals surface area contributed by atoms with E-state index in [0.717, 1.165) is 83.6 Å². The van der Waals surface area contributed by atoms with E-state index in [2.05, 4.69) is 39.5 Å². The molecule has 6 N–H and O–H groups in total. The molecule has 95 heavy (non-hydrogen) atoms. The normalized spacial score (nSPS) is 11.4. The molecule has 0 spiro atoms. The number of aromatic nitrogens is 6. The van der Waals surface area contributed by atoms with Gasteiger partial charge in [0.05, 0.1) is 98.4 Å². The van der Waals surface area contributed by atoms with Gasteiger partial charge in [-0.3, -0.25) is 18.3 Å². The summed E-state index contributed by atoms with van der Waals surface area (Å²) < 4.78 is 104. The largest absolute Gasteiger partial charge is 0.508 e. The van der Waals surface area contributed by atoms with Crippen molar-refractivity contribution in [1.82, 2.24) is 29.1 Å². The van der Waals surface area contributed by atoms with Crippen LogP contribution in [-0.2, 0) is 66.0 Å². The molecular weight excluding hydrogens is 1300 g/mol. The van der Waals surface area contributed by atoms with Crippen LogP contribution in [0, 0.1) is 20.8 Å². The van der Waals surface area contributed by atoms with Gasteiger partial charge in [0, 0.05) is 94.6 Å². The van der Waals surface area contributed by atoms with Crippen LogP contribution in [0.2, 0.25) is 0 Å². The van der Waals surface area contributed by atoms with Crippen molar-refractivity contribution in [1.29, 1.82) is 0 Å². The lowest BCUT2D eigenvalue weighted by atomic mass is 10.2. The van der Waals surface area contributed by atoms with Crippen LogP contribution in [0.15, 0.2) is 197 Å². The van der Waals surface area contributed by atoms with Gasteiger partial charge in [-0.15, -0.1) is 0 Å². The summed E-state index contributed by atoms with van der Waals surface area (Å²) in [5.74, 6) is 2.35. The molecule has 6 aromatic heterocycles. The average Bonchev–Trinajstić information content (AvgIpc) is 1.63. The molecule has 0 aliphatic heterocycles. The number of hydrogen-bond acceptors (Lipinski definition) is 22. The maximum absolute atomic E-state index is 12.2. The number of nitrogens with zero attached hydrogens (tertiary/aromatic N) is 6. The molecule has 0 unspecified atom stereocenters. The third kappa shape index (κ3) is 22.5. The Morgan fingerprint density at radius 1 is 0.453 bits per heavy atom. The number of phenolic OH excluding ortho intramolecular Hbond substituents is 1. The predicted molar refractivity (Wildman–Crippen MR) is 365 cm³/mol. The van der Waals surface area contributed by atoms with Gasteiger partial charge in [-0.25, -0.2) is 18.4 Å². The molecule has 0 aliphatic rings. The predicted octanol–water partition coefficient (Wildman–Crippen LogP) is 10.2. The van der Waals surface area contributed by atoms with E-state index < -0.39 is 29.3 Å². The second kappa shape index (κ2) is 36.3. The molecule has 5 aromatic carbocycles. The maximum atomic E-state index is 12.2.